The van der Waals surface area contributed by atoms with Crippen LogP contribution in [-0.2, 0) is 9.53 Å². The van der Waals surface area contributed by atoms with Crippen LogP contribution in [0.5, 0.6) is 0 Å². The molecule has 2 N–H and O–H groups in total. The fourth-order valence-corrected chi connectivity index (χ4v) is 8.27. The summed E-state index contributed by atoms with van der Waals surface area (Å²) in [7, 11) is 1.52. The van der Waals surface area contributed by atoms with Crippen molar-refractivity contribution >= 4 is 5.97 Å². The fraction of sp³-hybridized carbons (Fsp3) is 0.952. The van der Waals surface area contributed by atoms with E-state index >= 15 is 0 Å². The van der Waals surface area contributed by atoms with E-state index in [2.05, 4.69) is 13.8 Å². The normalized spacial score (nSPS) is 54.5. The first kappa shape index (κ1) is 17.8. The molecule has 4 saturated carbocycles. The molecule has 4 rings (SSSR count). The lowest BCUT2D eigenvalue weighted by molar-refractivity contribution is -0.186. The monoisotopic (exact) mass is 350 g/mol. The summed E-state index contributed by atoms with van der Waals surface area (Å²) in [6.45, 7) is 4.66. The van der Waals surface area contributed by atoms with E-state index in [0.717, 1.165) is 51.4 Å². The quantitative estimate of drug-likeness (QED) is 0.750. The van der Waals surface area contributed by atoms with Gasteiger partial charge in [0.25, 0.3) is 0 Å². The molecule has 0 aliphatic heterocycles. The Kier molecular flexibility index (Phi) is 3.88. The van der Waals surface area contributed by atoms with E-state index in [-0.39, 0.29) is 40.3 Å². The Bertz CT molecular complexity index is 576. The van der Waals surface area contributed by atoms with Crippen molar-refractivity contribution in [3.05, 3.63) is 0 Å². The van der Waals surface area contributed by atoms with Gasteiger partial charge in [-0.05, 0) is 81.0 Å². The Hall–Kier alpha value is -0.610. The molecule has 0 heterocycles. The summed E-state index contributed by atoms with van der Waals surface area (Å²) in [5, 5.41) is 20.7. The zero-order valence-electron chi connectivity index (χ0n) is 16.0. The average Bonchev–Trinajstić information content (AvgIpc) is 2.79. The van der Waals surface area contributed by atoms with E-state index in [1.165, 1.54) is 13.5 Å². The number of aliphatic hydroxyl groups is 2. The zero-order chi connectivity index (χ0) is 18.1. The van der Waals surface area contributed by atoms with Gasteiger partial charge in [0.1, 0.15) is 0 Å². The maximum atomic E-state index is 12.7. The van der Waals surface area contributed by atoms with Crippen LogP contribution in [0.15, 0.2) is 0 Å². The fourth-order valence-electron chi connectivity index (χ4n) is 8.27. The van der Waals surface area contributed by atoms with Crippen molar-refractivity contribution < 1.29 is 19.7 Å². The van der Waals surface area contributed by atoms with Gasteiger partial charge in [-0.3, -0.25) is 4.79 Å². The van der Waals surface area contributed by atoms with Gasteiger partial charge >= 0.3 is 5.97 Å². The Balaban J connectivity index is 1.71. The predicted molar refractivity (Wildman–Crippen MR) is 94.7 cm³/mol. The molecule has 7 atom stereocenters. The summed E-state index contributed by atoms with van der Waals surface area (Å²) in [6, 6.07) is 0. The molecule has 1 unspecified atom stereocenters. The number of fused-ring (bicyclic) bond motifs is 3. The molecule has 0 aromatic rings. The first-order valence-corrected chi connectivity index (χ1v) is 10.1. The highest BCUT2D eigenvalue weighted by Gasteiger charge is 2.68. The van der Waals surface area contributed by atoms with Crippen molar-refractivity contribution in [3.63, 3.8) is 0 Å². The van der Waals surface area contributed by atoms with Gasteiger partial charge in [-0.1, -0.05) is 13.3 Å². The number of hydrogen-bond acceptors (Lipinski definition) is 4. The lowest BCUT2D eigenvalue weighted by Crippen LogP contribution is -2.59. The van der Waals surface area contributed by atoms with Crippen LogP contribution < -0.4 is 0 Å². The zero-order valence-corrected chi connectivity index (χ0v) is 16.0. The third-order valence-corrected chi connectivity index (χ3v) is 9.35. The van der Waals surface area contributed by atoms with Gasteiger partial charge in [-0.15, -0.1) is 0 Å². The van der Waals surface area contributed by atoms with Gasteiger partial charge in [-0.2, -0.15) is 0 Å². The standard InChI is InChI=1S/C21H34O4/c1-18-7-4-8-19(2,17(24)25-3)14(18)5-9-20-11-16(23)21(12-20,13-22)10-6-15(18)20/h14-16,22-23H,4-13H2,1-3H3/t14-,15-,16?,18+,19+,20-,21-/m0/s1. The van der Waals surface area contributed by atoms with Crippen LogP contribution >= 0.6 is 0 Å². The number of aliphatic hydroxyl groups excluding tert-OH is 2. The van der Waals surface area contributed by atoms with E-state index in [1.54, 1.807) is 0 Å². The van der Waals surface area contributed by atoms with Crippen molar-refractivity contribution in [2.24, 2.45) is 33.5 Å². The second kappa shape index (κ2) is 5.45. The van der Waals surface area contributed by atoms with Crippen LogP contribution in [-0.4, -0.2) is 36.0 Å². The molecule has 142 valence electrons. The van der Waals surface area contributed by atoms with Crippen LogP contribution in [0.3, 0.4) is 0 Å². The minimum atomic E-state index is -0.369. The summed E-state index contributed by atoms with van der Waals surface area (Å²) >= 11 is 0. The lowest BCUT2D eigenvalue weighted by Gasteiger charge is -2.64. The number of ether oxygens (including phenoxy) is 1. The Morgan fingerprint density at radius 1 is 1.12 bits per heavy atom. The molecule has 4 nitrogen and oxygen atoms in total. The van der Waals surface area contributed by atoms with Gasteiger partial charge in [0.05, 0.1) is 25.2 Å². The molecule has 0 aromatic heterocycles. The number of rotatable bonds is 2. The molecule has 0 aromatic carbocycles. The maximum Gasteiger partial charge on any atom is 0.311 e. The molecule has 25 heavy (non-hydrogen) atoms. The van der Waals surface area contributed by atoms with Crippen LogP contribution in [0.1, 0.15) is 71.6 Å². The first-order chi connectivity index (χ1) is 11.8. The largest absolute Gasteiger partial charge is 0.469 e. The van der Waals surface area contributed by atoms with Gasteiger partial charge < -0.3 is 14.9 Å². The molecule has 4 fully saturated rings. The Morgan fingerprint density at radius 2 is 1.84 bits per heavy atom. The lowest BCUT2D eigenvalue weighted by atomic mass is 9.40. The molecule has 0 radical (unpaired) electrons. The minimum Gasteiger partial charge on any atom is -0.469 e. The molecule has 1 spiro atoms. The number of hydrogen-bond donors (Lipinski definition) is 2. The Morgan fingerprint density at radius 3 is 2.52 bits per heavy atom. The summed E-state index contributed by atoms with van der Waals surface area (Å²) in [6.07, 6.45) is 8.79. The van der Waals surface area contributed by atoms with E-state index < -0.39 is 0 Å². The first-order valence-electron chi connectivity index (χ1n) is 10.1. The third-order valence-electron chi connectivity index (χ3n) is 9.35. The van der Waals surface area contributed by atoms with Crippen LogP contribution in [0, 0.1) is 33.5 Å². The topological polar surface area (TPSA) is 66.8 Å². The summed E-state index contributed by atoms with van der Waals surface area (Å²) < 4.78 is 5.22. The van der Waals surface area contributed by atoms with Gasteiger partial charge in [0.2, 0.25) is 0 Å². The summed E-state index contributed by atoms with van der Waals surface area (Å²) in [5.41, 5.74) is -0.322. The van der Waals surface area contributed by atoms with Crippen LogP contribution in [0.25, 0.3) is 0 Å². The summed E-state index contributed by atoms with van der Waals surface area (Å²) in [4.78, 5) is 12.7. The van der Waals surface area contributed by atoms with Crippen molar-refractivity contribution in [1.82, 2.24) is 0 Å². The molecule has 2 bridgehead atoms. The Labute approximate surface area is 151 Å². The SMILES string of the molecule is COC(=O)[C@]1(C)CCC[C@@]2(C)[C@@H]3CC[C@@]4(CO)C[C@]3(CC[C@@H]21)CC4O. The van der Waals surface area contributed by atoms with Gasteiger partial charge in [0.15, 0.2) is 0 Å². The number of methoxy groups -OCH3 is 1. The highest BCUT2D eigenvalue weighted by Crippen LogP contribution is 2.73. The van der Waals surface area contributed by atoms with Gasteiger partial charge in [-0.25, -0.2) is 0 Å². The molecule has 0 saturated heterocycles. The smallest absolute Gasteiger partial charge is 0.311 e. The highest BCUT2D eigenvalue weighted by atomic mass is 16.5. The van der Waals surface area contributed by atoms with E-state index in [1.807, 2.05) is 0 Å². The molecule has 0 amide bonds. The third kappa shape index (κ3) is 2.10. The van der Waals surface area contributed by atoms with Crippen molar-refractivity contribution in [2.45, 2.75) is 77.7 Å². The molecule has 4 aliphatic rings. The van der Waals surface area contributed by atoms with Crippen LogP contribution in [0.4, 0.5) is 0 Å². The maximum absolute atomic E-state index is 12.7. The average molecular weight is 350 g/mol. The van der Waals surface area contributed by atoms with Crippen molar-refractivity contribution in [2.75, 3.05) is 13.7 Å². The van der Waals surface area contributed by atoms with Crippen LogP contribution in [0.2, 0.25) is 0 Å². The molecule has 4 heteroatoms. The number of carbonyl (C=O) groups is 1. The van der Waals surface area contributed by atoms with Crippen molar-refractivity contribution in [1.29, 1.82) is 0 Å². The minimum absolute atomic E-state index is 0.0358. The second-order valence-electron chi connectivity index (χ2n) is 10.2. The van der Waals surface area contributed by atoms with Gasteiger partial charge in [0, 0.05) is 5.41 Å². The summed E-state index contributed by atoms with van der Waals surface area (Å²) in [5.74, 6) is 0.891. The molecular formula is C21H34O4. The highest BCUT2D eigenvalue weighted by molar-refractivity contribution is 5.77. The number of carbonyl (C=O) groups excluding carboxylic acids is 1. The van der Waals surface area contributed by atoms with Crippen molar-refractivity contribution in [3.8, 4) is 0 Å². The van der Waals surface area contributed by atoms with E-state index in [0.29, 0.717) is 11.8 Å². The molecule has 4 aliphatic carbocycles. The molecular weight excluding hydrogens is 316 g/mol. The van der Waals surface area contributed by atoms with E-state index in [4.69, 9.17) is 4.74 Å². The number of esters is 1. The second-order valence-corrected chi connectivity index (χ2v) is 10.2. The predicted octanol–water partition coefficient (Wildman–Crippen LogP) is 3.30. The van der Waals surface area contributed by atoms with E-state index in [9.17, 15) is 15.0 Å².